The Morgan fingerprint density at radius 3 is 2.83 bits per heavy atom. The molecule has 5 nitrogen and oxygen atoms in total. The molecule has 0 bridgehead atoms. The maximum absolute atomic E-state index is 13.5. The Morgan fingerprint density at radius 1 is 1.17 bits per heavy atom. The zero-order chi connectivity index (χ0) is 20.2. The third kappa shape index (κ3) is 4.32. The molecule has 2 aromatic carbocycles. The van der Waals surface area contributed by atoms with Crippen molar-refractivity contribution >= 4 is 16.8 Å². The smallest absolute Gasteiger partial charge is 0.254 e. The van der Waals surface area contributed by atoms with Gasteiger partial charge in [-0.15, -0.1) is 0 Å². The molecular weight excluding hydrogens is 371 g/mol. The van der Waals surface area contributed by atoms with Gasteiger partial charge in [-0.1, -0.05) is 17.7 Å². The Morgan fingerprint density at radius 2 is 2.00 bits per heavy atom. The summed E-state index contributed by atoms with van der Waals surface area (Å²) in [6.07, 6.45) is 3.91. The van der Waals surface area contributed by atoms with E-state index in [0.29, 0.717) is 30.0 Å². The van der Waals surface area contributed by atoms with Gasteiger partial charge in [0.15, 0.2) is 5.76 Å². The molecule has 0 aliphatic heterocycles. The molecule has 148 valence electrons. The van der Waals surface area contributed by atoms with Crippen molar-refractivity contribution < 1.29 is 18.3 Å². The van der Waals surface area contributed by atoms with Crippen molar-refractivity contribution in [3.63, 3.8) is 0 Å². The van der Waals surface area contributed by atoms with Gasteiger partial charge in [-0.2, -0.15) is 0 Å². The first kappa shape index (κ1) is 18.8. The summed E-state index contributed by atoms with van der Waals surface area (Å²) in [6, 6.07) is 13.9. The molecule has 4 aromatic rings. The summed E-state index contributed by atoms with van der Waals surface area (Å²) in [4.78, 5) is 15.6. The van der Waals surface area contributed by atoms with Crippen LogP contribution in [0.4, 0.5) is 4.39 Å². The standard InChI is InChI=1S/C23H21FN2O3/c1-15-2-5-18(6-3-15)29-14-22-19(9-11-28-22)23(27)25-10-8-16-13-26-21-7-4-17(24)12-20(16)21/h2-7,9,11-13,26H,8,10,14H2,1H3,(H,25,27). The van der Waals surface area contributed by atoms with E-state index in [-0.39, 0.29) is 18.3 Å². The molecule has 0 fully saturated rings. The van der Waals surface area contributed by atoms with Gasteiger partial charge in [0.25, 0.3) is 5.91 Å². The number of ether oxygens (including phenoxy) is 1. The molecule has 0 aliphatic rings. The van der Waals surface area contributed by atoms with Crippen LogP contribution >= 0.6 is 0 Å². The lowest BCUT2D eigenvalue weighted by Gasteiger charge is -2.07. The van der Waals surface area contributed by atoms with E-state index in [9.17, 15) is 9.18 Å². The molecule has 0 saturated carbocycles. The Kier molecular flexibility index (Phi) is 5.33. The molecule has 2 aromatic heterocycles. The van der Waals surface area contributed by atoms with Gasteiger partial charge in [-0.3, -0.25) is 4.79 Å². The van der Waals surface area contributed by atoms with Crippen LogP contribution < -0.4 is 10.1 Å². The number of H-pyrrole nitrogens is 1. The number of hydrogen-bond acceptors (Lipinski definition) is 3. The number of aromatic nitrogens is 1. The van der Waals surface area contributed by atoms with Crippen LogP contribution in [-0.4, -0.2) is 17.4 Å². The van der Waals surface area contributed by atoms with E-state index in [1.165, 1.54) is 18.4 Å². The van der Waals surface area contributed by atoms with Crippen LogP contribution in [-0.2, 0) is 13.0 Å². The van der Waals surface area contributed by atoms with E-state index in [1.807, 2.05) is 37.4 Å². The quantitative estimate of drug-likeness (QED) is 0.477. The van der Waals surface area contributed by atoms with Crippen LogP contribution in [0.5, 0.6) is 5.75 Å². The number of carbonyl (C=O) groups is 1. The fraction of sp³-hybridized carbons (Fsp3) is 0.174. The number of hydrogen-bond donors (Lipinski definition) is 2. The van der Waals surface area contributed by atoms with Crippen molar-refractivity contribution in [3.8, 4) is 5.75 Å². The number of nitrogens with one attached hydrogen (secondary N) is 2. The van der Waals surface area contributed by atoms with E-state index in [0.717, 1.165) is 22.0 Å². The van der Waals surface area contributed by atoms with Gasteiger partial charge in [0.2, 0.25) is 0 Å². The van der Waals surface area contributed by atoms with Crippen LogP contribution in [0, 0.1) is 12.7 Å². The SMILES string of the molecule is Cc1ccc(OCc2occc2C(=O)NCCc2c[nH]c3ccc(F)cc23)cc1. The van der Waals surface area contributed by atoms with Gasteiger partial charge < -0.3 is 19.5 Å². The van der Waals surface area contributed by atoms with Crippen LogP contribution in [0.1, 0.15) is 27.2 Å². The van der Waals surface area contributed by atoms with Gasteiger partial charge in [-0.25, -0.2) is 4.39 Å². The van der Waals surface area contributed by atoms with Crippen molar-refractivity contribution in [2.45, 2.75) is 20.0 Å². The second kappa shape index (κ2) is 8.22. The largest absolute Gasteiger partial charge is 0.486 e. The van der Waals surface area contributed by atoms with Gasteiger partial charge in [-0.05, 0) is 55.3 Å². The van der Waals surface area contributed by atoms with E-state index in [4.69, 9.17) is 9.15 Å². The molecule has 29 heavy (non-hydrogen) atoms. The summed E-state index contributed by atoms with van der Waals surface area (Å²) in [5.41, 5.74) is 3.42. The Bertz CT molecular complexity index is 1130. The zero-order valence-electron chi connectivity index (χ0n) is 16.0. The highest BCUT2D eigenvalue weighted by Crippen LogP contribution is 2.20. The van der Waals surface area contributed by atoms with Crippen LogP contribution in [0.2, 0.25) is 0 Å². The molecule has 1 amide bonds. The van der Waals surface area contributed by atoms with Gasteiger partial charge in [0.05, 0.1) is 11.8 Å². The number of aryl methyl sites for hydroxylation is 1. The summed E-state index contributed by atoms with van der Waals surface area (Å²) in [5.74, 6) is 0.674. The van der Waals surface area contributed by atoms with Crippen molar-refractivity contribution in [2.75, 3.05) is 6.54 Å². The van der Waals surface area contributed by atoms with E-state index in [1.54, 1.807) is 12.1 Å². The number of amides is 1. The van der Waals surface area contributed by atoms with E-state index in [2.05, 4.69) is 10.3 Å². The lowest BCUT2D eigenvalue weighted by molar-refractivity contribution is 0.0949. The van der Waals surface area contributed by atoms with Gasteiger partial charge in [0, 0.05) is 23.6 Å². The van der Waals surface area contributed by atoms with Crippen LogP contribution in [0.25, 0.3) is 10.9 Å². The minimum Gasteiger partial charge on any atom is -0.486 e. The third-order valence-electron chi connectivity index (χ3n) is 4.79. The fourth-order valence-corrected chi connectivity index (χ4v) is 3.20. The fourth-order valence-electron chi connectivity index (χ4n) is 3.20. The summed E-state index contributed by atoms with van der Waals surface area (Å²) in [5, 5.41) is 3.72. The summed E-state index contributed by atoms with van der Waals surface area (Å²) in [6.45, 7) is 2.60. The van der Waals surface area contributed by atoms with Crippen molar-refractivity contribution in [2.24, 2.45) is 0 Å². The van der Waals surface area contributed by atoms with Crippen molar-refractivity contribution in [1.82, 2.24) is 10.3 Å². The highest BCUT2D eigenvalue weighted by molar-refractivity contribution is 5.95. The second-order valence-electron chi connectivity index (χ2n) is 6.87. The van der Waals surface area contributed by atoms with Gasteiger partial charge in [0.1, 0.15) is 18.2 Å². The predicted octanol–water partition coefficient (Wildman–Crippen LogP) is 4.76. The van der Waals surface area contributed by atoms with E-state index < -0.39 is 0 Å². The molecule has 2 N–H and O–H groups in total. The Labute approximate surface area is 167 Å². The first-order valence-electron chi connectivity index (χ1n) is 9.40. The topological polar surface area (TPSA) is 67.3 Å². The molecule has 6 heteroatoms. The summed E-state index contributed by atoms with van der Waals surface area (Å²) < 4.78 is 24.6. The van der Waals surface area contributed by atoms with Crippen molar-refractivity contribution in [1.29, 1.82) is 0 Å². The molecular formula is C23H21FN2O3. The number of carbonyl (C=O) groups excluding carboxylic acids is 1. The van der Waals surface area contributed by atoms with E-state index >= 15 is 0 Å². The van der Waals surface area contributed by atoms with Crippen molar-refractivity contribution in [3.05, 3.63) is 89.3 Å². The second-order valence-corrected chi connectivity index (χ2v) is 6.87. The zero-order valence-corrected chi connectivity index (χ0v) is 16.0. The highest BCUT2D eigenvalue weighted by Gasteiger charge is 2.15. The molecule has 0 spiro atoms. The first-order chi connectivity index (χ1) is 14.1. The molecule has 0 saturated heterocycles. The average molecular weight is 392 g/mol. The lowest BCUT2D eigenvalue weighted by Crippen LogP contribution is -2.26. The molecule has 0 aliphatic carbocycles. The summed E-state index contributed by atoms with van der Waals surface area (Å²) >= 11 is 0. The normalized spacial score (nSPS) is 11.0. The lowest BCUT2D eigenvalue weighted by atomic mass is 10.1. The number of furan rings is 1. The molecule has 0 atom stereocenters. The molecule has 4 rings (SSSR count). The minimum atomic E-state index is -0.279. The first-order valence-corrected chi connectivity index (χ1v) is 9.40. The number of rotatable bonds is 7. The maximum atomic E-state index is 13.5. The minimum absolute atomic E-state index is 0.167. The summed E-state index contributed by atoms with van der Waals surface area (Å²) in [7, 11) is 0. The molecule has 2 heterocycles. The Hall–Kier alpha value is -3.54. The average Bonchev–Trinajstić information content (AvgIpc) is 3.34. The number of benzene rings is 2. The number of halogens is 1. The predicted molar refractivity (Wildman–Crippen MR) is 109 cm³/mol. The van der Waals surface area contributed by atoms with Crippen LogP contribution in [0.3, 0.4) is 0 Å². The monoisotopic (exact) mass is 392 g/mol. The molecule has 0 unspecified atom stereocenters. The number of aromatic amines is 1. The Balaban J connectivity index is 1.34. The third-order valence-corrected chi connectivity index (χ3v) is 4.79. The van der Waals surface area contributed by atoms with Crippen LogP contribution in [0.15, 0.2) is 65.4 Å². The maximum Gasteiger partial charge on any atom is 0.254 e. The molecule has 0 radical (unpaired) electrons. The highest BCUT2D eigenvalue weighted by atomic mass is 19.1. The van der Waals surface area contributed by atoms with Gasteiger partial charge >= 0.3 is 0 Å². The number of fused-ring (bicyclic) bond motifs is 1.